The molecule has 0 fully saturated rings. The summed E-state index contributed by atoms with van der Waals surface area (Å²) in [6.45, 7) is 0.386. The Bertz CT molecular complexity index is 523. The van der Waals surface area contributed by atoms with Gasteiger partial charge in [0, 0.05) is 21.6 Å². The van der Waals surface area contributed by atoms with Gasteiger partial charge in [-0.25, -0.2) is 0 Å². The molecule has 1 heterocycles. The summed E-state index contributed by atoms with van der Waals surface area (Å²) in [5, 5.41) is 4.71. The third-order valence-electron chi connectivity index (χ3n) is 2.32. The standard InChI is InChI=1S/C12H9BrF3NS/c13-8-3-4-10(12(14,15)16)11(6-8)17-7-9-2-1-5-18-9/h1-6,17H,7H2. The average molecular weight is 336 g/mol. The molecule has 0 bridgehead atoms. The fourth-order valence-corrected chi connectivity index (χ4v) is 2.51. The number of benzene rings is 1. The molecule has 6 heteroatoms. The van der Waals surface area contributed by atoms with Gasteiger partial charge in [0.05, 0.1) is 5.56 Å². The molecular formula is C12H9BrF3NS. The molecule has 0 saturated carbocycles. The van der Waals surface area contributed by atoms with E-state index < -0.39 is 11.7 Å². The number of hydrogen-bond donors (Lipinski definition) is 1. The van der Waals surface area contributed by atoms with Crippen molar-refractivity contribution in [3.63, 3.8) is 0 Å². The molecule has 1 aromatic heterocycles. The Kier molecular flexibility index (Phi) is 3.97. The van der Waals surface area contributed by atoms with Crippen LogP contribution in [0.15, 0.2) is 40.2 Å². The largest absolute Gasteiger partial charge is 0.418 e. The summed E-state index contributed by atoms with van der Waals surface area (Å²) < 4.78 is 39.0. The molecule has 0 amide bonds. The van der Waals surface area contributed by atoms with E-state index in [1.165, 1.54) is 23.5 Å². The van der Waals surface area contributed by atoms with Gasteiger partial charge in [-0.15, -0.1) is 11.3 Å². The highest BCUT2D eigenvalue weighted by Gasteiger charge is 2.33. The van der Waals surface area contributed by atoms with Crippen molar-refractivity contribution in [1.82, 2.24) is 0 Å². The predicted molar refractivity (Wildman–Crippen MR) is 70.8 cm³/mol. The van der Waals surface area contributed by atoms with Crippen molar-refractivity contribution in [1.29, 1.82) is 0 Å². The van der Waals surface area contributed by atoms with Crippen molar-refractivity contribution in [2.75, 3.05) is 5.32 Å². The number of thiophene rings is 1. The van der Waals surface area contributed by atoms with Gasteiger partial charge in [-0.1, -0.05) is 22.0 Å². The van der Waals surface area contributed by atoms with Gasteiger partial charge in [-0.05, 0) is 29.6 Å². The van der Waals surface area contributed by atoms with Crippen LogP contribution in [-0.2, 0) is 12.7 Å². The molecule has 0 aliphatic heterocycles. The molecule has 0 radical (unpaired) electrons. The molecule has 2 aromatic rings. The summed E-state index contributed by atoms with van der Waals surface area (Å²) in [5.74, 6) is 0. The highest BCUT2D eigenvalue weighted by Crippen LogP contribution is 2.36. The van der Waals surface area contributed by atoms with Crippen LogP contribution in [0.4, 0.5) is 18.9 Å². The first kappa shape index (κ1) is 13.4. The number of alkyl halides is 3. The van der Waals surface area contributed by atoms with Gasteiger partial charge in [-0.3, -0.25) is 0 Å². The minimum Gasteiger partial charge on any atom is -0.380 e. The summed E-state index contributed by atoms with van der Waals surface area (Å²) in [4.78, 5) is 0.989. The van der Waals surface area contributed by atoms with E-state index in [1.54, 1.807) is 0 Å². The fourth-order valence-electron chi connectivity index (χ4n) is 1.51. The van der Waals surface area contributed by atoms with Gasteiger partial charge in [0.25, 0.3) is 0 Å². The molecular weight excluding hydrogens is 327 g/mol. The van der Waals surface area contributed by atoms with Gasteiger partial charge in [0.2, 0.25) is 0 Å². The monoisotopic (exact) mass is 335 g/mol. The zero-order chi connectivity index (χ0) is 13.2. The quantitative estimate of drug-likeness (QED) is 0.818. The molecule has 1 aromatic carbocycles. The molecule has 1 N–H and O–H groups in total. The number of anilines is 1. The Balaban J connectivity index is 2.23. The maximum atomic E-state index is 12.8. The topological polar surface area (TPSA) is 12.0 Å². The lowest BCUT2D eigenvalue weighted by atomic mass is 10.1. The van der Waals surface area contributed by atoms with Crippen molar-refractivity contribution >= 4 is 33.0 Å². The predicted octanol–water partition coefficient (Wildman–Crippen LogP) is 5.14. The van der Waals surface area contributed by atoms with Crippen LogP contribution in [0.25, 0.3) is 0 Å². The molecule has 96 valence electrons. The molecule has 0 atom stereocenters. The Labute approximate surface area is 115 Å². The van der Waals surface area contributed by atoms with Crippen LogP contribution >= 0.6 is 27.3 Å². The highest BCUT2D eigenvalue weighted by molar-refractivity contribution is 9.10. The number of hydrogen-bond acceptors (Lipinski definition) is 2. The first-order chi connectivity index (χ1) is 8.47. The van der Waals surface area contributed by atoms with Crippen LogP contribution in [0, 0.1) is 0 Å². The van der Waals surface area contributed by atoms with Gasteiger partial charge in [0.15, 0.2) is 0 Å². The van der Waals surface area contributed by atoms with E-state index >= 15 is 0 Å². The Hall–Kier alpha value is -1.01. The second-order valence-corrected chi connectivity index (χ2v) is 5.57. The normalized spacial score (nSPS) is 11.6. The van der Waals surface area contributed by atoms with Crippen LogP contribution < -0.4 is 5.32 Å². The van der Waals surface area contributed by atoms with E-state index in [2.05, 4.69) is 21.2 Å². The van der Waals surface area contributed by atoms with E-state index in [-0.39, 0.29) is 5.69 Å². The van der Waals surface area contributed by atoms with E-state index in [9.17, 15) is 13.2 Å². The van der Waals surface area contributed by atoms with Gasteiger partial charge < -0.3 is 5.32 Å². The third-order valence-corrected chi connectivity index (χ3v) is 3.69. The first-order valence-corrected chi connectivity index (χ1v) is 6.77. The van der Waals surface area contributed by atoms with Crippen molar-refractivity contribution in [2.45, 2.75) is 12.7 Å². The highest BCUT2D eigenvalue weighted by atomic mass is 79.9. The van der Waals surface area contributed by atoms with Crippen molar-refractivity contribution in [3.05, 3.63) is 50.6 Å². The zero-order valence-electron chi connectivity index (χ0n) is 9.09. The minimum absolute atomic E-state index is 0.0882. The molecule has 0 aliphatic rings. The van der Waals surface area contributed by atoms with Crippen LogP contribution in [0.1, 0.15) is 10.4 Å². The minimum atomic E-state index is -4.35. The summed E-state index contributed by atoms with van der Waals surface area (Å²) >= 11 is 4.68. The van der Waals surface area contributed by atoms with Crippen LogP contribution in [0.3, 0.4) is 0 Å². The van der Waals surface area contributed by atoms with Crippen molar-refractivity contribution in [3.8, 4) is 0 Å². The lowest BCUT2D eigenvalue weighted by molar-refractivity contribution is -0.137. The second kappa shape index (κ2) is 5.32. The first-order valence-electron chi connectivity index (χ1n) is 5.10. The molecule has 0 aliphatic carbocycles. The molecule has 0 saturated heterocycles. The summed E-state index contributed by atoms with van der Waals surface area (Å²) in [6.07, 6.45) is -4.35. The molecule has 2 rings (SSSR count). The Morgan fingerprint density at radius 1 is 1.22 bits per heavy atom. The smallest absolute Gasteiger partial charge is 0.380 e. The second-order valence-electron chi connectivity index (χ2n) is 3.62. The summed E-state index contributed by atoms with van der Waals surface area (Å²) in [6, 6.07) is 7.65. The SMILES string of the molecule is FC(F)(F)c1ccc(Br)cc1NCc1cccs1. The number of rotatable bonds is 3. The van der Waals surface area contributed by atoms with Crippen molar-refractivity contribution in [2.24, 2.45) is 0 Å². The van der Waals surface area contributed by atoms with E-state index in [1.807, 2.05) is 17.5 Å². The molecule has 18 heavy (non-hydrogen) atoms. The molecule has 1 nitrogen and oxygen atoms in total. The Morgan fingerprint density at radius 2 is 2.00 bits per heavy atom. The zero-order valence-corrected chi connectivity index (χ0v) is 11.5. The fraction of sp³-hybridized carbons (Fsp3) is 0.167. The lowest BCUT2D eigenvalue weighted by Crippen LogP contribution is -2.10. The van der Waals surface area contributed by atoms with Gasteiger partial charge >= 0.3 is 6.18 Å². The van der Waals surface area contributed by atoms with E-state index in [0.717, 1.165) is 10.9 Å². The van der Waals surface area contributed by atoms with Crippen molar-refractivity contribution < 1.29 is 13.2 Å². The van der Waals surface area contributed by atoms with E-state index in [0.29, 0.717) is 11.0 Å². The van der Waals surface area contributed by atoms with Crippen LogP contribution in [0.5, 0.6) is 0 Å². The van der Waals surface area contributed by atoms with Crippen LogP contribution in [-0.4, -0.2) is 0 Å². The maximum Gasteiger partial charge on any atom is 0.418 e. The Morgan fingerprint density at radius 3 is 2.61 bits per heavy atom. The summed E-state index contributed by atoms with van der Waals surface area (Å²) in [5.41, 5.74) is -0.562. The van der Waals surface area contributed by atoms with E-state index in [4.69, 9.17) is 0 Å². The maximum absolute atomic E-state index is 12.8. The average Bonchev–Trinajstić information content (AvgIpc) is 2.77. The van der Waals surface area contributed by atoms with Gasteiger partial charge in [0.1, 0.15) is 0 Å². The van der Waals surface area contributed by atoms with Crippen LogP contribution in [0.2, 0.25) is 0 Å². The number of halogens is 4. The molecule has 0 spiro atoms. The summed E-state index contributed by atoms with van der Waals surface area (Å²) in [7, 11) is 0. The third kappa shape index (κ3) is 3.26. The van der Waals surface area contributed by atoms with Gasteiger partial charge in [-0.2, -0.15) is 13.2 Å². The molecule has 0 unspecified atom stereocenters. The lowest BCUT2D eigenvalue weighted by Gasteiger charge is -2.14. The number of nitrogens with one attached hydrogen (secondary N) is 1.